The van der Waals surface area contributed by atoms with Gasteiger partial charge in [0.2, 0.25) is 0 Å². The maximum atomic E-state index is 12.6. The Morgan fingerprint density at radius 2 is 1.82 bits per heavy atom. The lowest BCUT2D eigenvalue weighted by molar-refractivity contribution is 0.0468. The maximum Gasteiger partial charge on any atom is 0.338 e. The lowest BCUT2D eigenvalue weighted by Crippen LogP contribution is -2.30. The number of carbonyl (C=O) groups excluding carboxylic acids is 3. The van der Waals surface area contributed by atoms with Gasteiger partial charge < -0.3 is 14.2 Å². The summed E-state index contributed by atoms with van der Waals surface area (Å²) in [5.41, 5.74) is 2.11. The average molecular weight is 481 g/mol. The molecule has 0 radical (unpaired) electrons. The van der Waals surface area contributed by atoms with Gasteiger partial charge in [0.1, 0.15) is 11.6 Å². The molecule has 176 valence electrons. The smallest absolute Gasteiger partial charge is 0.338 e. The highest BCUT2D eigenvalue weighted by Crippen LogP contribution is 2.39. The highest BCUT2D eigenvalue weighted by atomic mass is 32.1. The molecule has 2 heterocycles. The van der Waals surface area contributed by atoms with E-state index in [1.54, 1.807) is 25.7 Å². The fourth-order valence-electron chi connectivity index (χ4n) is 3.71. The van der Waals surface area contributed by atoms with E-state index in [1.165, 1.54) is 34.4 Å². The van der Waals surface area contributed by atoms with Gasteiger partial charge >= 0.3 is 5.97 Å². The predicted octanol–water partition coefficient (Wildman–Crippen LogP) is 4.58. The van der Waals surface area contributed by atoms with Gasteiger partial charge in [-0.1, -0.05) is 19.4 Å². The van der Waals surface area contributed by atoms with E-state index in [9.17, 15) is 14.4 Å². The van der Waals surface area contributed by atoms with Crippen LogP contribution in [0.5, 0.6) is 11.5 Å². The molecule has 4 rings (SSSR count). The zero-order valence-electron chi connectivity index (χ0n) is 19.1. The van der Waals surface area contributed by atoms with Crippen LogP contribution >= 0.6 is 11.3 Å². The summed E-state index contributed by atoms with van der Waals surface area (Å²) >= 11 is 1.40. The highest BCUT2D eigenvalue weighted by Gasteiger charge is 2.35. The van der Waals surface area contributed by atoms with Crippen molar-refractivity contribution in [1.29, 1.82) is 0 Å². The van der Waals surface area contributed by atoms with E-state index in [1.807, 2.05) is 19.1 Å². The Bertz CT molecular complexity index is 1250. The first-order valence-corrected chi connectivity index (χ1v) is 11.7. The second-order valence-corrected chi connectivity index (χ2v) is 8.50. The Morgan fingerprint density at radius 3 is 2.56 bits per heavy atom. The topological polar surface area (TPSA) is 95.0 Å². The number of ether oxygens (including phenoxy) is 3. The number of nitrogens with zero attached hydrogens (tertiary/aromatic N) is 2. The third-order valence-electron chi connectivity index (χ3n) is 5.48. The minimum absolute atomic E-state index is 0.0335. The number of rotatable bonds is 9. The van der Waals surface area contributed by atoms with Crippen molar-refractivity contribution in [3.63, 3.8) is 0 Å². The summed E-state index contributed by atoms with van der Waals surface area (Å²) in [7, 11) is 3.13. The van der Waals surface area contributed by atoms with Crippen LogP contribution in [-0.2, 0) is 11.3 Å². The zero-order valence-corrected chi connectivity index (χ0v) is 19.9. The minimum atomic E-state index is -0.594. The van der Waals surface area contributed by atoms with Crippen molar-refractivity contribution >= 4 is 29.1 Å². The van der Waals surface area contributed by atoms with Crippen LogP contribution < -0.4 is 9.47 Å². The van der Waals surface area contributed by atoms with Gasteiger partial charge in [-0.2, -0.15) is 0 Å². The Kier molecular flexibility index (Phi) is 6.93. The van der Waals surface area contributed by atoms with Crippen molar-refractivity contribution in [3.05, 3.63) is 64.2 Å². The predicted molar refractivity (Wildman–Crippen MR) is 126 cm³/mol. The molecule has 9 heteroatoms. The van der Waals surface area contributed by atoms with Gasteiger partial charge in [-0.05, 0) is 36.8 Å². The van der Waals surface area contributed by atoms with Crippen LogP contribution in [0.1, 0.15) is 56.5 Å². The third kappa shape index (κ3) is 4.38. The van der Waals surface area contributed by atoms with Crippen LogP contribution in [0.15, 0.2) is 41.8 Å². The van der Waals surface area contributed by atoms with E-state index in [0.29, 0.717) is 34.3 Å². The molecule has 0 N–H and O–H groups in total. The molecule has 0 spiro atoms. The number of carbonyl (C=O) groups is 3. The molecule has 1 aliphatic rings. The van der Waals surface area contributed by atoms with Crippen molar-refractivity contribution < 1.29 is 28.6 Å². The van der Waals surface area contributed by atoms with E-state index in [4.69, 9.17) is 14.2 Å². The van der Waals surface area contributed by atoms with Crippen molar-refractivity contribution in [1.82, 2.24) is 9.88 Å². The van der Waals surface area contributed by atoms with Gasteiger partial charge in [0.05, 0.1) is 42.2 Å². The maximum absolute atomic E-state index is 12.6. The summed E-state index contributed by atoms with van der Waals surface area (Å²) in [4.78, 5) is 43.5. The molecule has 0 bridgehead atoms. The first-order chi connectivity index (χ1) is 16.5. The zero-order chi connectivity index (χ0) is 24.2. The summed E-state index contributed by atoms with van der Waals surface area (Å²) in [5.74, 6) is -0.117. The van der Waals surface area contributed by atoms with Crippen LogP contribution in [0.2, 0.25) is 0 Å². The number of para-hydroxylation sites is 1. The normalized spacial score (nSPS) is 12.6. The standard InChI is InChI=1S/C25H24N2O6S/c1-4-5-11-27-23(28)17-10-9-15(12-19(17)24(27)29)25(30)33-13-16-14-34-22(26-16)18-7-6-8-20(31-2)21(18)32-3/h6-10,12,14H,4-5,11,13H2,1-3H3. The van der Waals surface area contributed by atoms with Crippen LogP contribution in [0, 0.1) is 0 Å². The van der Waals surface area contributed by atoms with Crippen molar-refractivity contribution in [2.45, 2.75) is 26.4 Å². The van der Waals surface area contributed by atoms with Gasteiger partial charge in [0.15, 0.2) is 11.5 Å². The average Bonchev–Trinajstić information content (AvgIpc) is 3.43. The Morgan fingerprint density at radius 1 is 1.03 bits per heavy atom. The highest BCUT2D eigenvalue weighted by molar-refractivity contribution is 7.13. The molecule has 0 atom stereocenters. The van der Waals surface area contributed by atoms with Crippen LogP contribution in [0.4, 0.5) is 0 Å². The Labute approximate surface area is 201 Å². The number of hydrogen-bond acceptors (Lipinski definition) is 8. The van der Waals surface area contributed by atoms with Gasteiger partial charge in [0.25, 0.3) is 11.8 Å². The molecule has 0 aliphatic carbocycles. The monoisotopic (exact) mass is 480 g/mol. The van der Waals surface area contributed by atoms with Crippen LogP contribution in [-0.4, -0.2) is 48.4 Å². The van der Waals surface area contributed by atoms with Gasteiger partial charge in [-0.3, -0.25) is 14.5 Å². The summed E-state index contributed by atoms with van der Waals surface area (Å²) in [5, 5.41) is 2.51. The minimum Gasteiger partial charge on any atom is -0.493 e. The largest absolute Gasteiger partial charge is 0.493 e. The Balaban J connectivity index is 1.45. The molecule has 2 aromatic carbocycles. The van der Waals surface area contributed by atoms with E-state index in [0.717, 1.165) is 18.4 Å². The summed E-state index contributed by atoms with van der Waals surface area (Å²) in [6.45, 7) is 2.33. The van der Waals surface area contributed by atoms with E-state index in [-0.39, 0.29) is 29.5 Å². The number of fused-ring (bicyclic) bond motifs is 1. The molecule has 1 aromatic heterocycles. The summed E-state index contributed by atoms with van der Waals surface area (Å²) in [6, 6.07) is 9.97. The van der Waals surface area contributed by atoms with Gasteiger partial charge in [-0.15, -0.1) is 11.3 Å². The molecule has 0 unspecified atom stereocenters. The number of esters is 1. The van der Waals surface area contributed by atoms with Crippen molar-refractivity contribution in [2.24, 2.45) is 0 Å². The molecular formula is C25H24N2O6S. The molecule has 1 aliphatic heterocycles. The fourth-order valence-corrected chi connectivity index (χ4v) is 4.54. The Hall–Kier alpha value is -3.72. The lowest BCUT2D eigenvalue weighted by atomic mass is 10.1. The lowest BCUT2D eigenvalue weighted by Gasteiger charge is -2.12. The first-order valence-electron chi connectivity index (χ1n) is 10.8. The van der Waals surface area contributed by atoms with Crippen LogP contribution in [0.25, 0.3) is 10.6 Å². The summed E-state index contributed by atoms with van der Waals surface area (Å²) < 4.78 is 16.2. The molecule has 3 aromatic rings. The number of aromatic nitrogens is 1. The molecule has 2 amide bonds. The number of unbranched alkanes of at least 4 members (excludes halogenated alkanes) is 1. The first kappa shape index (κ1) is 23.4. The van der Waals surface area contributed by atoms with E-state index >= 15 is 0 Å². The second kappa shape index (κ2) is 10.0. The molecule has 34 heavy (non-hydrogen) atoms. The molecular weight excluding hydrogens is 456 g/mol. The molecule has 0 fully saturated rings. The number of methoxy groups -OCH3 is 2. The van der Waals surface area contributed by atoms with Gasteiger partial charge in [0, 0.05) is 11.9 Å². The molecule has 0 saturated carbocycles. The number of amides is 2. The number of benzene rings is 2. The van der Waals surface area contributed by atoms with Crippen molar-refractivity contribution in [3.8, 4) is 22.1 Å². The van der Waals surface area contributed by atoms with Crippen molar-refractivity contribution in [2.75, 3.05) is 20.8 Å². The van der Waals surface area contributed by atoms with Crippen LogP contribution in [0.3, 0.4) is 0 Å². The van der Waals surface area contributed by atoms with E-state index < -0.39 is 5.97 Å². The number of thiazole rings is 1. The number of hydrogen-bond donors (Lipinski definition) is 0. The van der Waals surface area contributed by atoms with E-state index in [2.05, 4.69) is 4.98 Å². The third-order valence-corrected chi connectivity index (χ3v) is 6.40. The number of imide groups is 1. The quantitative estimate of drug-likeness (QED) is 0.327. The van der Waals surface area contributed by atoms with Gasteiger partial charge in [-0.25, -0.2) is 9.78 Å². The fraction of sp³-hybridized carbons (Fsp3) is 0.280. The second-order valence-electron chi connectivity index (χ2n) is 7.64. The molecule has 0 saturated heterocycles. The molecule has 8 nitrogen and oxygen atoms in total. The summed E-state index contributed by atoms with van der Waals surface area (Å²) in [6.07, 6.45) is 1.60. The SMILES string of the molecule is CCCCN1C(=O)c2ccc(C(=O)OCc3csc(-c4cccc(OC)c4OC)n3)cc2C1=O.